The second kappa shape index (κ2) is 6.13. The van der Waals surface area contributed by atoms with Gasteiger partial charge in [-0.2, -0.15) is 0 Å². The first-order chi connectivity index (χ1) is 9.78. The fourth-order valence-corrected chi connectivity index (χ4v) is 4.00. The molecule has 1 aromatic heterocycles. The van der Waals surface area contributed by atoms with Gasteiger partial charge in [0.2, 0.25) is 0 Å². The first-order valence-corrected chi connectivity index (χ1v) is 8.21. The SMILES string of the molecule is CCCNC1CC2CCCC(C1)N2c1cncc(C)c1. The number of fused-ring (bicyclic) bond motifs is 2. The zero-order valence-corrected chi connectivity index (χ0v) is 12.8. The number of nitrogens with zero attached hydrogens (tertiary/aromatic N) is 2. The maximum Gasteiger partial charge on any atom is 0.0560 e. The van der Waals surface area contributed by atoms with Gasteiger partial charge in [-0.15, -0.1) is 0 Å². The van der Waals surface area contributed by atoms with Gasteiger partial charge in [0.15, 0.2) is 0 Å². The summed E-state index contributed by atoms with van der Waals surface area (Å²) in [6.07, 6.45) is 11.9. The van der Waals surface area contributed by atoms with Crippen molar-refractivity contribution < 1.29 is 0 Å². The molecule has 1 aromatic rings. The van der Waals surface area contributed by atoms with Gasteiger partial charge in [-0.3, -0.25) is 4.98 Å². The number of piperidine rings is 2. The Morgan fingerprint density at radius 1 is 1.25 bits per heavy atom. The summed E-state index contributed by atoms with van der Waals surface area (Å²) in [6, 6.07) is 4.44. The quantitative estimate of drug-likeness (QED) is 0.912. The van der Waals surface area contributed by atoms with Crippen molar-refractivity contribution in [3.8, 4) is 0 Å². The molecule has 0 spiro atoms. The van der Waals surface area contributed by atoms with E-state index in [1.165, 1.54) is 49.8 Å². The predicted octanol–water partition coefficient (Wildman–Crippen LogP) is 3.28. The lowest BCUT2D eigenvalue weighted by Gasteiger charge is -2.50. The number of rotatable bonds is 4. The minimum absolute atomic E-state index is 0.709. The summed E-state index contributed by atoms with van der Waals surface area (Å²) in [6.45, 7) is 5.55. The molecule has 3 heteroatoms. The zero-order chi connectivity index (χ0) is 13.9. The topological polar surface area (TPSA) is 28.2 Å². The van der Waals surface area contributed by atoms with E-state index in [0.717, 1.165) is 12.6 Å². The maximum atomic E-state index is 4.40. The molecule has 3 heterocycles. The van der Waals surface area contributed by atoms with Crippen LogP contribution >= 0.6 is 0 Å². The number of hydrogen-bond acceptors (Lipinski definition) is 3. The van der Waals surface area contributed by atoms with Crippen LogP contribution < -0.4 is 10.2 Å². The summed E-state index contributed by atoms with van der Waals surface area (Å²) < 4.78 is 0. The molecule has 0 amide bonds. The van der Waals surface area contributed by atoms with Gasteiger partial charge in [0.25, 0.3) is 0 Å². The monoisotopic (exact) mass is 273 g/mol. The van der Waals surface area contributed by atoms with Crippen LogP contribution in [0.2, 0.25) is 0 Å². The van der Waals surface area contributed by atoms with E-state index in [2.05, 4.69) is 41.3 Å². The second-order valence-electron chi connectivity index (χ2n) is 6.49. The van der Waals surface area contributed by atoms with E-state index in [1.807, 2.05) is 6.20 Å². The first kappa shape index (κ1) is 13.9. The molecule has 0 radical (unpaired) electrons. The molecule has 2 aliphatic rings. The van der Waals surface area contributed by atoms with Gasteiger partial charge >= 0.3 is 0 Å². The summed E-state index contributed by atoms with van der Waals surface area (Å²) in [5, 5.41) is 3.74. The van der Waals surface area contributed by atoms with Crippen molar-refractivity contribution >= 4 is 5.69 Å². The van der Waals surface area contributed by atoms with E-state index in [1.54, 1.807) is 0 Å². The van der Waals surface area contributed by atoms with Gasteiger partial charge in [0.05, 0.1) is 11.9 Å². The number of hydrogen-bond donors (Lipinski definition) is 1. The Bertz CT molecular complexity index is 432. The summed E-state index contributed by atoms with van der Waals surface area (Å²) in [7, 11) is 0. The lowest BCUT2D eigenvalue weighted by atomic mass is 9.81. The standard InChI is InChI=1S/C17H27N3/c1-3-7-19-14-9-15-5-4-6-16(10-14)20(15)17-8-13(2)11-18-12-17/h8,11-12,14-16,19H,3-7,9-10H2,1-2H3. The number of pyridine rings is 1. The van der Waals surface area contributed by atoms with Crippen molar-refractivity contribution in [3.63, 3.8) is 0 Å². The molecule has 2 aliphatic heterocycles. The highest BCUT2D eigenvalue weighted by Crippen LogP contribution is 2.37. The van der Waals surface area contributed by atoms with Crippen LogP contribution in [-0.2, 0) is 0 Å². The fourth-order valence-electron chi connectivity index (χ4n) is 4.00. The van der Waals surface area contributed by atoms with Crippen LogP contribution in [0.4, 0.5) is 5.69 Å². The maximum absolute atomic E-state index is 4.40. The Kier molecular flexibility index (Phi) is 4.25. The highest BCUT2D eigenvalue weighted by atomic mass is 15.2. The Morgan fingerprint density at radius 2 is 2.00 bits per heavy atom. The van der Waals surface area contributed by atoms with Crippen LogP contribution in [0.3, 0.4) is 0 Å². The van der Waals surface area contributed by atoms with Crippen molar-refractivity contribution in [2.45, 2.75) is 70.5 Å². The van der Waals surface area contributed by atoms with E-state index in [-0.39, 0.29) is 0 Å². The molecule has 3 nitrogen and oxygen atoms in total. The Morgan fingerprint density at radius 3 is 2.65 bits per heavy atom. The van der Waals surface area contributed by atoms with Crippen molar-refractivity contribution in [3.05, 3.63) is 24.0 Å². The number of anilines is 1. The highest BCUT2D eigenvalue weighted by molar-refractivity contribution is 5.49. The van der Waals surface area contributed by atoms with Gasteiger partial charge in [-0.1, -0.05) is 6.92 Å². The minimum Gasteiger partial charge on any atom is -0.364 e. The average Bonchev–Trinajstić information content (AvgIpc) is 2.44. The molecule has 0 aliphatic carbocycles. The van der Waals surface area contributed by atoms with Crippen LogP contribution in [0.25, 0.3) is 0 Å². The second-order valence-corrected chi connectivity index (χ2v) is 6.49. The molecule has 2 unspecified atom stereocenters. The Hall–Kier alpha value is -1.09. The molecular formula is C17H27N3. The lowest BCUT2D eigenvalue weighted by Crippen LogP contribution is -2.56. The Labute approximate surface area is 122 Å². The largest absolute Gasteiger partial charge is 0.364 e. The average molecular weight is 273 g/mol. The minimum atomic E-state index is 0.709. The van der Waals surface area contributed by atoms with Crippen molar-refractivity contribution in [1.82, 2.24) is 10.3 Å². The summed E-state index contributed by atoms with van der Waals surface area (Å²) >= 11 is 0. The molecular weight excluding hydrogens is 246 g/mol. The van der Waals surface area contributed by atoms with Crippen LogP contribution in [0.15, 0.2) is 18.5 Å². The summed E-state index contributed by atoms with van der Waals surface area (Å²) in [4.78, 5) is 7.07. The third kappa shape index (κ3) is 2.83. The van der Waals surface area contributed by atoms with Gasteiger partial charge in [0.1, 0.15) is 0 Å². The molecule has 110 valence electrons. The van der Waals surface area contributed by atoms with E-state index in [9.17, 15) is 0 Å². The van der Waals surface area contributed by atoms with Gasteiger partial charge in [-0.05, 0) is 63.6 Å². The van der Waals surface area contributed by atoms with Crippen LogP contribution in [0.5, 0.6) is 0 Å². The number of aryl methyl sites for hydroxylation is 1. The van der Waals surface area contributed by atoms with E-state index in [0.29, 0.717) is 12.1 Å². The third-order valence-corrected chi connectivity index (χ3v) is 4.82. The highest BCUT2D eigenvalue weighted by Gasteiger charge is 2.38. The predicted molar refractivity (Wildman–Crippen MR) is 84.2 cm³/mol. The summed E-state index contributed by atoms with van der Waals surface area (Å²) in [5.41, 5.74) is 2.61. The van der Waals surface area contributed by atoms with Crippen molar-refractivity contribution in [1.29, 1.82) is 0 Å². The zero-order valence-electron chi connectivity index (χ0n) is 12.8. The molecule has 2 saturated heterocycles. The van der Waals surface area contributed by atoms with Crippen LogP contribution in [0.1, 0.15) is 51.0 Å². The van der Waals surface area contributed by atoms with Crippen molar-refractivity contribution in [2.24, 2.45) is 0 Å². The van der Waals surface area contributed by atoms with Crippen LogP contribution in [0, 0.1) is 6.92 Å². The molecule has 20 heavy (non-hydrogen) atoms. The number of nitrogens with one attached hydrogen (secondary N) is 1. The van der Waals surface area contributed by atoms with E-state index < -0.39 is 0 Å². The molecule has 1 N–H and O–H groups in total. The van der Waals surface area contributed by atoms with E-state index >= 15 is 0 Å². The smallest absolute Gasteiger partial charge is 0.0560 e. The molecule has 2 bridgehead atoms. The fraction of sp³-hybridized carbons (Fsp3) is 0.706. The summed E-state index contributed by atoms with van der Waals surface area (Å²) in [5.74, 6) is 0. The molecule has 2 fully saturated rings. The Balaban J connectivity index is 1.76. The van der Waals surface area contributed by atoms with Gasteiger partial charge < -0.3 is 10.2 Å². The number of aromatic nitrogens is 1. The molecule has 0 aromatic carbocycles. The van der Waals surface area contributed by atoms with Crippen LogP contribution in [-0.4, -0.2) is 29.7 Å². The normalized spacial score (nSPS) is 29.5. The molecule has 0 saturated carbocycles. The first-order valence-electron chi connectivity index (χ1n) is 8.21. The van der Waals surface area contributed by atoms with Gasteiger partial charge in [-0.25, -0.2) is 0 Å². The molecule has 2 atom stereocenters. The lowest BCUT2D eigenvalue weighted by molar-refractivity contribution is 0.246. The molecule has 3 rings (SSSR count). The van der Waals surface area contributed by atoms with E-state index in [4.69, 9.17) is 0 Å². The third-order valence-electron chi connectivity index (χ3n) is 4.82. The van der Waals surface area contributed by atoms with Gasteiger partial charge in [0, 0.05) is 24.3 Å². The van der Waals surface area contributed by atoms with Crippen molar-refractivity contribution in [2.75, 3.05) is 11.4 Å².